The van der Waals surface area contributed by atoms with Crippen LogP contribution in [0, 0.1) is 5.92 Å². The van der Waals surface area contributed by atoms with Crippen molar-refractivity contribution in [1.82, 2.24) is 0 Å². The third-order valence-electron chi connectivity index (χ3n) is 5.33. The molecular weight excluding hydrogens is 320 g/mol. The average molecular weight is 344 g/mol. The normalized spacial score (nSPS) is 38.0. The van der Waals surface area contributed by atoms with Gasteiger partial charge in [-0.2, -0.15) is 0 Å². The third-order valence-corrected chi connectivity index (χ3v) is 5.33. The molecule has 5 heteroatoms. The van der Waals surface area contributed by atoms with Gasteiger partial charge in [0.25, 0.3) is 0 Å². The molecule has 1 saturated heterocycles. The van der Waals surface area contributed by atoms with E-state index >= 15 is 0 Å². The number of allylic oxidation sites excluding steroid dienone is 1. The lowest BCUT2D eigenvalue weighted by Gasteiger charge is -2.17. The Bertz CT molecular complexity index is 714. The van der Waals surface area contributed by atoms with Crippen molar-refractivity contribution in [2.45, 2.75) is 64.3 Å². The minimum atomic E-state index is -1.03. The van der Waals surface area contributed by atoms with Crippen molar-refractivity contribution in [2.24, 2.45) is 5.92 Å². The maximum Gasteiger partial charge on any atom is 0.334 e. The van der Waals surface area contributed by atoms with Gasteiger partial charge in [0.1, 0.15) is 6.10 Å². The van der Waals surface area contributed by atoms with Crippen LogP contribution in [0.25, 0.3) is 0 Å². The van der Waals surface area contributed by atoms with E-state index in [1.807, 2.05) is 19.9 Å². The van der Waals surface area contributed by atoms with E-state index in [2.05, 4.69) is 6.58 Å². The number of Topliss-reactive ketones (excluding diaryl/α,β-unsaturated/α-hetero) is 1. The van der Waals surface area contributed by atoms with Crippen LogP contribution in [0.1, 0.15) is 46.5 Å². The molecular formula is C20H24O5. The lowest BCUT2D eigenvalue weighted by Crippen LogP contribution is -2.29. The van der Waals surface area contributed by atoms with Gasteiger partial charge in [-0.1, -0.05) is 17.7 Å². The molecule has 0 aromatic rings. The van der Waals surface area contributed by atoms with Crippen LogP contribution in [0.3, 0.4) is 0 Å². The van der Waals surface area contributed by atoms with Crippen molar-refractivity contribution in [3.8, 4) is 0 Å². The fraction of sp³-hybridized carbons (Fsp3) is 0.550. The maximum absolute atomic E-state index is 12.7. The Balaban J connectivity index is 1.88. The van der Waals surface area contributed by atoms with E-state index in [4.69, 9.17) is 9.47 Å². The third kappa shape index (κ3) is 3.52. The first kappa shape index (κ1) is 17.8. The molecule has 1 fully saturated rings. The van der Waals surface area contributed by atoms with Crippen molar-refractivity contribution in [3.63, 3.8) is 0 Å². The molecule has 134 valence electrons. The molecule has 25 heavy (non-hydrogen) atoms. The molecule has 0 radical (unpaired) electrons. The molecule has 2 aliphatic heterocycles. The summed E-state index contributed by atoms with van der Waals surface area (Å²) < 4.78 is 10.9. The molecule has 0 N–H and O–H groups in total. The van der Waals surface area contributed by atoms with Crippen molar-refractivity contribution >= 4 is 17.5 Å². The highest BCUT2D eigenvalue weighted by atomic mass is 16.6. The minimum absolute atomic E-state index is 0.0442. The number of carbonyl (C=O) groups excluding carboxylic acids is 3. The number of fused-ring (bicyclic) bond motifs is 2. The Morgan fingerprint density at radius 3 is 2.68 bits per heavy atom. The van der Waals surface area contributed by atoms with Crippen LogP contribution in [0.4, 0.5) is 0 Å². The topological polar surface area (TPSA) is 73.0 Å². The predicted octanol–water partition coefficient (Wildman–Crippen LogP) is 2.85. The number of hydrogen-bond donors (Lipinski definition) is 0. The SMILES string of the molecule is C=C(C)[C@H]1CCC2=C[C@H](C/C(C)=C/C(=O)[C@H]3O[C@@]3(C)C(=O)C1)OC2=O. The summed E-state index contributed by atoms with van der Waals surface area (Å²) in [6.45, 7) is 9.36. The van der Waals surface area contributed by atoms with Gasteiger partial charge in [0.15, 0.2) is 23.3 Å². The van der Waals surface area contributed by atoms with Crippen molar-refractivity contribution < 1.29 is 23.9 Å². The van der Waals surface area contributed by atoms with Gasteiger partial charge >= 0.3 is 5.97 Å². The lowest BCUT2D eigenvalue weighted by atomic mass is 9.85. The molecule has 5 nitrogen and oxygen atoms in total. The molecule has 4 atom stereocenters. The quantitative estimate of drug-likeness (QED) is 0.415. The second kappa shape index (κ2) is 6.37. The lowest BCUT2D eigenvalue weighted by molar-refractivity contribution is -0.139. The Morgan fingerprint density at radius 1 is 1.28 bits per heavy atom. The van der Waals surface area contributed by atoms with Crippen molar-refractivity contribution in [1.29, 1.82) is 0 Å². The van der Waals surface area contributed by atoms with E-state index in [0.29, 0.717) is 24.8 Å². The second-order valence-corrected chi connectivity index (χ2v) is 7.55. The number of epoxide rings is 1. The van der Waals surface area contributed by atoms with Gasteiger partial charge < -0.3 is 9.47 Å². The summed E-state index contributed by atoms with van der Waals surface area (Å²) in [4.78, 5) is 37.1. The Hall–Kier alpha value is -2.01. The highest BCUT2D eigenvalue weighted by Crippen LogP contribution is 2.41. The van der Waals surface area contributed by atoms with Gasteiger partial charge in [-0.15, -0.1) is 0 Å². The van der Waals surface area contributed by atoms with Gasteiger partial charge in [-0.05, 0) is 51.7 Å². The van der Waals surface area contributed by atoms with Crippen LogP contribution < -0.4 is 0 Å². The van der Waals surface area contributed by atoms with E-state index in [0.717, 1.165) is 11.1 Å². The Kier molecular flexibility index (Phi) is 4.54. The summed E-state index contributed by atoms with van der Waals surface area (Å²) in [5, 5.41) is 0. The van der Waals surface area contributed by atoms with Crippen LogP contribution in [-0.2, 0) is 23.9 Å². The fourth-order valence-electron chi connectivity index (χ4n) is 3.55. The number of esters is 1. The smallest absolute Gasteiger partial charge is 0.334 e. The molecule has 0 aromatic carbocycles. The summed E-state index contributed by atoms with van der Waals surface area (Å²) in [7, 11) is 0. The predicted molar refractivity (Wildman–Crippen MR) is 91.8 cm³/mol. The van der Waals surface area contributed by atoms with Crippen LogP contribution in [0.5, 0.6) is 0 Å². The van der Waals surface area contributed by atoms with Crippen molar-refractivity contribution in [2.75, 3.05) is 0 Å². The van der Waals surface area contributed by atoms with E-state index < -0.39 is 11.7 Å². The van der Waals surface area contributed by atoms with E-state index in [-0.39, 0.29) is 36.0 Å². The number of carbonyl (C=O) groups is 3. The Morgan fingerprint density at radius 2 is 2.00 bits per heavy atom. The summed E-state index contributed by atoms with van der Waals surface area (Å²) >= 11 is 0. The van der Waals surface area contributed by atoms with Crippen molar-refractivity contribution in [3.05, 3.63) is 35.5 Å². The summed E-state index contributed by atoms with van der Waals surface area (Å²) in [5.41, 5.74) is 1.32. The number of ether oxygens (including phenoxy) is 2. The average Bonchev–Trinajstić information content (AvgIpc) is 3.10. The Labute approximate surface area is 147 Å². The van der Waals surface area contributed by atoms with Gasteiger partial charge in [0, 0.05) is 18.4 Å². The summed E-state index contributed by atoms with van der Waals surface area (Å²) in [6.07, 6.45) is 4.26. The zero-order valence-electron chi connectivity index (χ0n) is 15.0. The molecule has 0 amide bonds. The molecule has 1 aliphatic carbocycles. The van der Waals surface area contributed by atoms with Gasteiger partial charge in [-0.25, -0.2) is 4.79 Å². The van der Waals surface area contributed by atoms with Crippen LogP contribution in [0.15, 0.2) is 35.5 Å². The number of hydrogen-bond acceptors (Lipinski definition) is 5. The molecule has 3 aliphatic rings. The van der Waals surface area contributed by atoms with E-state index in [9.17, 15) is 14.4 Å². The highest BCUT2D eigenvalue weighted by Gasteiger charge is 2.61. The van der Waals surface area contributed by atoms with Crippen LogP contribution >= 0.6 is 0 Å². The molecule has 2 bridgehead atoms. The van der Waals surface area contributed by atoms with Gasteiger partial charge in [0.05, 0.1) is 0 Å². The zero-order chi connectivity index (χ0) is 18.4. The van der Waals surface area contributed by atoms with E-state index in [1.165, 1.54) is 6.08 Å². The first-order valence-electron chi connectivity index (χ1n) is 8.70. The highest BCUT2D eigenvalue weighted by molar-refractivity contribution is 6.05. The van der Waals surface area contributed by atoms with Crippen LogP contribution in [0.2, 0.25) is 0 Å². The minimum Gasteiger partial charge on any atom is -0.454 e. The molecule has 0 unspecified atom stereocenters. The molecule has 0 spiro atoms. The molecule has 0 saturated carbocycles. The monoisotopic (exact) mass is 344 g/mol. The first-order valence-corrected chi connectivity index (χ1v) is 8.70. The molecule has 2 heterocycles. The summed E-state index contributed by atoms with van der Waals surface area (Å²) in [5.74, 6) is -0.630. The zero-order valence-corrected chi connectivity index (χ0v) is 15.0. The summed E-state index contributed by atoms with van der Waals surface area (Å²) in [6, 6.07) is 0. The standard InChI is InChI=1S/C20H24O5/c1-11(2)13-5-6-14-9-15(24-19(14)23)7-12(3)8-16(21)18-20(4,25-18)17(22)10-13/h8-9,13,15,18H,1,5-7,10H2,2-4H3/b12-8+/t13-,15-,18+,20-/m0/s1. The van der Waals surface area contributed by atoms with E-state index in [1.54, 1.807) is 6.92 Å². The largest absolute Gasteiger partial charge is 0.454 e. The first-order chi connectivity index (χ1) is 11.7. The fourth-order valence-corrected chi connectivity index (χ4v) is 3.55. The maximum atomic E-state index is 12.7. The number of ketones is 2. The molecule has 0 aromatic heterocycles. The molecule has 3 rings (SSSR count). The van der Waals surface area contributed by atoms with Crippen LogP contribution in [-0.4, -0.2) is 35.3 Å². The van der Waals surface area contributed by atoms with Gasteiger partial charge in [0.2, 0.25) is 0 Å². The number of rotatable bonds is 1. The van der Waals surface area contributed by atoms with Gasteiger partial charge in [-0.3, -0.25) is 9.59 Å². The second-order valence-electron chi connectivity index (χ2n) is 7.55.